The number of H-pyrrole nitrogens is 1. The third kappa shape index (κ3) is 4.99. The smallest absolute Gasteiger partial charge is 0.355 e. The molecule has 0 unspecified atom stereocenters. The van der Waals surface area contributed by atoms with Crippen molar-refractivity contribution in [3.05, 3.63) is 87.6 Å². The molecule has 42 heavy (non-hydrogen) atoms. The minimum Gasteiger partial charge on any atom is -0.493 e. The summed E-state index contributed by atoms with van der Waals surface area (Å²) in [7, 11) is 0. The van der Waals surface area contributed by atoms with Crippen LogP contribution in [0, 0.1) is 0 Å². The number of aromatic amines is 1. The number of carboxylic acids is 1. The molecule has 0 spiro atoms. The van der Waals surface area contributed by atoms with E-state index < -0.39 is 17.8 Å². The van der Waals surface area contributed by atoms with Crippen LogP contribution in [0.5, 0.6) is 5.75 Å². The van der Waals surface area contributed by atoms with E-state index in [4.69, 9.17) is 16.3 Å². The summed E-state index contributed by atoms with van der Waals surface area (Å²) >= 11 is 8.18. The summed E-state index contributed by atoms with van der Waals surface area (Å²) in [6.45, 7) is 2.77. The molecule has 0 saturated carbocycles. The Balaban J connectivity index is 1.51. The van der Waals surface area contributed by atoms with Crippen molar-refractivity contribution in [2.45, 2.75) is 19.8 Å². The molecule has 0 aliphatic carbocycles. The van der Waals surface area contributed by atoms with Gasteiger partial charge in [-0.15, -0.1) is 11.3 Å². The van der Waals surface area contributed by atoms with Crippen LogP contribution in [0.1, 0.15) is 50.2 Å². The van der Waals surface area contributed by atoms with Gasteiger partial charge in [-0.2, -0.15) is 0 Å². The van der Waals surface area contributed by atoms with Crippen molar-refractivity contribution in [1.82, 2.24) is 15.3 Å². The van der Waals surface area contributed by atoms with E-state index in [2.05, 4.69) is 20.6 Å². The van der Waals surface area contributed by atoms with Crippen LogP contribution in [0.25, 0.3) is 32.5 Å². The molecule has 2 amide bonds. The quantitative estimate of drug-likeness (QED) is 0.166. The fourth-order valence-corrected chi connectivity index (χ4v) is 6.26. The number of rotatable bonds is 7. The number of aromatic nitrogens is 2. The lowest BCUT2D eigenvalue weighted by Crippen LogP contribution is -2.25. The number of pyridine rings is 1. The van der Waals surface area contributed by atoms with Crippen molar-refractivity contribution in [2.75, 3.05) is 18.5 Å². The van der Waals surface area contributed by atoms with Crippen molar-refractivity contribution < 1.29 is 24.2 Å². The number of amides is 2. The van der Waals surface area contributed by atoms with Crippen LogP contribution in [0.4, 0.5) is 5.69 Å². The average Bonchev–Trinajstić information content (AvgIpc) is 3.64. The van der Waals surface area contributed by atoms with Crippen LogP contribution >= 0.6 is 22.9 Å². The summed E-state index contributed by atoms with van der Waals surface area (Å²) in [5.74, 6) is -1.78. The Kier molecular flexibility index (Phi) is 7.40. The number of nitrogens with one attached hydrogen (secondary N) is 3. The maximum Gasteiger partial charge on any atom is 0.355 e. The maximum atomic E-state index is 14.0. The fraction of sp³-hybridized carbons (Fsp3) is 0.161. The van der Waals surface area contributed by atoms with Crippen LogP contribution in [0.2, 0.25) is 5.02 Å². The third-order valence-corrected chi connectivity index (χ3v) is 8.45. The minimum atomic E-state index is -1.33. The zero-order valence-corrected chi connectivity index (χ0v) is 24.0. The van der Waals surface area contributed by atoms with Crippen molar-refractivity contribution in [1.29, 1.82) is 0 Å². The van der Waals surface area contributed by atoms with Crippen LogP contribution in [-0.4, -0.2) is 46.0 Å². The van der Waals surface area contributed by atoms with Crippen molar-refractivity contribution in [3.8, 4) is 27.3 Å². The van der Waals surface area contributed by atoms with Crippen LogP contribution in [-0.2, 0) is 6.42 Å². The average molecular weight is 601 g/mol. The first-order valence-corrected chi connectivity index (χ1v) is 14.6. The first-order valence-electron chi connectivity index (χ1n) is 13.3. The molecule has 1 aliphatic rings. The van der Waals surface area contributed by atoms with Gasteiger partial charge >= 0.3 is 5.97 Å². The summed E-state index contributed by atoms with van der Waals surface area (Å²) in [4.78, 5) is 47.2. The second-order valence-electron chi connectivity index (χ2n) is 9.74. The Labute approximate surface area is 249 Å². The molecule has 0 radical (unpaired) electrons. The van der Waals surface area contributed by atoms with Gasteiger partial charge in [-0.3, -0.25) is 9.59 Å². The number of hydrogen-bond acceptors (Lipinski definition) is 6. The Morgan fingerprint density at radius 3 is 2.74 bits per heavy atom. The highest BCUT2D eigenvalue weighted by Gasteiger charge is 2.27. The number of benzene rings is 2. The lowest BCUT2D eigenvalue weighted by atomic mass is 9.93. The molecule has 2 aromatic carbocycles. The number of aromatic carboxylic acids is 1. The molecule has 0 saturated heterocycles. The van der Waals surface area contributed by atoms with E-state index in [0.717, 1.165) is 33.3 Å². The lowest BCUT2D eigenvalue weighted by Gasteiger charge is -2.17. The molecule has 4 heterocycles. The molecule has 9 nitrogen and oxygen atoms in total. The Morgan fingerprint density at radius 1 is 1.07 bits per heavy atom. The first-order chi connectivity index (χ1) is 20.4. The molecule has 3 aromatic heterocycles. The summed E-state index contributed by atoms with van der Waals surface area (Å²) < 4.78 is 6.09. The summed E-state index contributed by atoms with van der Waals surface area (Å²) in [6, 6.07) is 13.7. The summed E-state index contributed by atoms with van der Waals surface area (Å²) in [5, 5.41) is 18.9. The van der Waals surface area contributed by atoms with Gasteiger partial charge in [0.1, 0.15) is 11.4 Å². The predicted molar refractivity (Wildman–Crippen MR) is 163 cm³/mol. The largest absolute Gasteiger partial charge is 0.493 e. The zero-order valence-electron chi connectivity index (χ0n) is 22.4. The van der Waals surface area contributed by atoms with Crippen LogP contribution in [0.3, 0.4) is 0 Å². The van der Waals surface area contributed by atoms with E-state index in [-0.39, 0.29) is 22.5 Å². The standard InChI is InChI=1S/C31H25ClN4O5S/c1-2-10-34-30(38)24-4-3-17(27(35-24)31(39)40)19-15-25-21(28-16(8-12-41-25)9-13-42-28)14-20(19)29(37)36-23-6-5-22-18(26(23)32)7-11-33-22/h3-7,9,11,13-15,33H,2,8,10,12H2,1H3,(H,34,38)(H,36,37)(H,39,40). The molecular formula is C31H25ClN4O5S. The molecule has 1 aliphatic heterocycles. The van der Waals surface area contributed by atoms with E-state index in [1.54, 1.807) is 35.7 Å². The molecule has 6 rings (SSSR count). The normalized spacial score (nSPS) is 12.1. The molecular weight excluding hydrogens is 576 g/mol. The number of carboxylic acid groups (broad SMARTS) is 1. The number of anilines is 1. The van der Waals surface area contributed by atoms with E-state index in [0.29, 0.717) is 41.6 Å². The molecule has 0 atom stereocenters. The Hall–Kier alpha value is -4.67. The number of hydrogen-bond donors (Lipinski definition) is 4. The minimum absolute atomic E-state index is 0.0311. The highest BCUT2D eigenvalue weighted by molar-refractivity contribution is 7.13. The van der Waals surface area contributed by atoms with Gasteiger partial charge in [0.25, 0.3) is 11.8 Å². The van der Waals surface area contributed by atoms with Gasteiger partial charge < -0.3 is 25.5 Å². The molecule has 0 fully saturated rings. The fourth-order valence-electron chi connectivity index (χ4n) is 5.00. The van der Waals surface area contributed by atoms with Crippen LogP contribution in [0.15, 0.2) is 60.1 Å². The monoisotopic (exact) mass is 600 g/mol. The van der Waals surface area contributed by atoms with Gasteiger partial charge in [-0.25, -0.2) is 9.78 Å². The third-order valence-electron chi connectivity index (χ3n) is 7.06. The highest BCUT2D eigenvalue weighted by atomic mass is 35.5. The van der Waals surface area contributed by atoms with E-state index in [1.807, 2.05) is 30.5 Å². The van der Waals surface area contributed by atoms with Crippen molar-refractivity contribution in [3.63, 3.8) is 0 Å². The second kappa shape index (κ2) is 11.3. The number of carbonyl (C=O) groups is 3. The van der Waals surface area contributed by atoms with Gasteiger partial charge in [-0.05, 0) is 65.9 Å². The Morgan fingerprint density at radius 2 is 1.93 bits per heavy atom. The van der Waals surface area contributed by atoms with Crippen molar-refractivity contribution in [2.24, 2.45) is 0 Å². The number of nitrogens with zero attached hydrogens (tertiary/aromatic N) is 1. The number of carbonyl (C=O) groups excluding carboxylic acids is 2. The molecule has 4 N–H and O–H groups in total. The number of ether oxygens (including phenoxy) is 1. The van der Waals surface area contributed by atoms with Crippen molar-refractivity contribution >= 4 is 57.3 Å². The van der Waals surface area contributed by atoms with Gasteiger partial charge in [0.2, 0.25) is 0 Å². The van der Waals surface area contributed by atoms with Gasteiger partial charge in [-0.1, -0.05) is 18.5 Å². The predicted octanol–water partition coefficient (Wildman–Crippen LogP) is 6.64. The molecule has 11 heteroatoms. The van der Waals surface area contributed by atoms with Crippen LogP contribution < -0.4 is 15.4 Å². The molecule has 5 aromatic rings. The number of halogens is 1. The van der Waals surface area contributed by atoms with E-state index in [9.17, 15) is 19.5 Å². The highest BCUT2D eigenvalue weighted by Crippen LogP contribution is 2.43. The maximum absolute atomic E-state index is 14.0. The zero-order chi connectivity index (χ0) is 29.4. The first kappa shape index (κ1) is 27.5. The number of thiophene rings is 1. The van der Waals surface area contributed by atoms with E-state index in [1.165, 1.54) is 12.1 Å². The second-order valence-corrected chi connectivity index (χ2v) is 11.0. The van der Waals surface area contributed by atoms with Gasteiger partial charge in [0.15, 0.2) is 5.69 Å². The van der Waals surface area contributed by atoms with E-state index >= 15 is 0 Å². The SMILES string of the molecule is CCCNC(=O)c1ccc(-c2cc3c(cc2C(=O)Nc2ccc4[nH]ccc4c2Cl)-c2sccc2CCO3)c(C(=O)O)n1. The topological polar surface area (TPSA) is 133 Å². The Bertz CT molecular complexity index is 1880. The summed E-state index contributed by atoms with van der Waals surface area (Å²) in [5.41, 5.74) is 3.37. The lowest BCUT2D eigenvalue weighted by molar-refractivity contribution is 0.0691. The van der Waals surface area contributed by atoms with Gasteiger partial charge in [0.05, 0.1) is 17.3 Å². The molecule has 0 bridgehead atoms. The summed E-state index contributed by atoms with van der Waals surface area (Å²) in [6.07, 6.45) is 3.17. The number of fused-ring (bicyclic) bond motifs is 4. The molecule has 212 valence electrons. The van der Waals surface area contributed by atoms with Gasteiger partial charge in [0, 0.05) is 57.2 Å².